The molecule has 148 valence electrons. The van der Waals surface area contributed by atoms with Gasteiger partial charge in [0.25, 0.3) is 0 Å². The molecule has 2 aromatic heterocycles. The van der Waals surface area contributed by atoms with Gasteiger partial charge >= 0.3 is 5.97 Å². The lowest BCUT2D eigenvalue weighted by atomic mass is 10.1. The number of para-hydroxylation sites is 2. The lowest BCUT2D eigenvalue weighted by Crippen LogP contribution is -2.22. The third-order valence-electron chi connectivity index (χ3n) is 4.42. The van der Waals surface area contributed by atoms with Crippen molar-refractivity contribution in [3.8, 4) is 0 Å². The summed E-state index contributed by atoms with van der Waals surface area (Å²) >= 11 is 1.35. The Morgan fingerprint density at radius 3 is 2.40 bits per heavy atom. The lowest BCUT2D eigenvalue weighted by Gasteiger charge is -2.17. The van der Waals surface area contributed by atoms with Crippen molar-refractivity contribution in [3.05, 3.63) is 83.0 Å². The Balaban J connectivity index is 1.65. The highest BCUT2D eigenvalue weighted by Crippen LogP contribution is 2.29. The third-order valence-corrected chi connectivity index (χ3v) is 5.27. The summed E-state index contributed by atoms with van der Waals surface area (Å²) in [5.41, 5.74) is 2.74. The molecule has 0 aliphatic carbocycles. The van der Waals surface area contributed by atoms with Crippen LogP contribution in [-0.2, 0) is 4.79 Å². The van der Waals surface area contributed by atoms with E-state index in [1.807, 2.05) is 41.8 Å². The van der Waals surface area contributed by atoms with E-state index in [9.17, 15) is 14.7 Å². The maximum Gasteiger partial charge on any atom is 0.336 e. The number of rotatable bonds is 5. The number of amides is 1. The van der Waals surface area contributed by atoms with Crippen LogP contribution in [0.2, 0.25) is 0 Å². The fraction of sp³-hybridized carbons (Fsp3) is 0.0435. The van der Waals surface area contributed by atoms with E-state index in [-0.39, 0.29) is 11.5 Å². The number of hydrogen-bond acceptors (Lipinski definition) is 5. The van der Waals surface area contributed by atoms with E-state index in [0.29, 0.717) is 27.4 Å². The van der Waals surface area contributed by atoms with Gasteiger partial charge in [-0.2, -0.15) is 0 Å². The van der Waals surface area contributed by atoms with Crippen LogP contribution >= 0.6 is 11.3 Å². The number of aromatic carboxylic acids is 1. The largest absolute Gasteiger partial charge is 0.478 e. The first-order valence-electron chi connectivity index (χ1n) is 9.15. The molecular weight excluding hydrogens is 398 g/mol. The molecule has 2 aromatic carbocycles. The predicted molar refractivity (Wildman–Crippen MR) is 119 cm³/mol. The van der Waals surface area contributed by atoms with Gasteiger partial charge < -0.3 is 5.11 Å². The van der Waals surface area contributed by atoms with Gasteiger partial charge in [0.15, 0.2) is 5.13 Å². The van der Waals surface area contributed by atoms with Crippen LogP contribution in [0.5, 0.6) is 0 Å². The molecule has 0 aliphatic heterocycles. The first-order valence-corrected chi connectivity index (χ1v) is 10.0. The molecule has 4 rings (SSSR count). The number of thiazole rings is 1. The van der Waals surface area contributed by atoms with E-state index in [1.165, 1.54) is 18.3 Å². The molecule has 4 aromatic rings. The topological polar surface area (TPSA) is 83.4 Å². The van der Waals surface area contributed by atoms with Crippen molar-refractivity contribution in [2.75, 3.05) is 4.90 Å². The van der Waals surface area contributed by atoms with Crippen molar-refractivity contribution in [2.45, 2.75) is 6.92 Å². The van der Waals surface area contributed by atoms with Crippen molar-refractivity contribution in [3.63, 3.8) is 0 Å². The van der Waals surface area contributed by atoms with E-state index >= 15 is 0 Å². The quantitative estimate of drug-likeness (QED) is 0.482. The van der Waals surface area contributed by atoms with Gasteiger partial charge in [-0.25, -0.2) is 14.8 Å². The maximum absolute atomic E-state index is 12.2. The number of carbonyl (C=O) groups is 2. The summed E-state index contributed by atoms with van der Waals surface area (Å²) in [6.07, 6.45) is 3.48. The second kappa shape index (κ2) is 8.26. The second-order valence-corrected chi connectivity index (χ2v) is 7.33. The molecule has 7 heteroatoms. The molecule has 6 nitrogen and oxygen atoms in total. The fourth-order valence-electron chi connectivity index (χ4n) is 3.09. The summed E-state index contributed by atoms with van der Waals surface area (Å²) < 4.78 is 0. The van der Waals surface area contributed by atoms with Crippen LogP contribution in [0.3, 0.4) is 0 Å². The number of hydrogen-bond donors (Lipinski definition) is 1. The highest BCUT2D eigenvalue weighted by molar-refractivity contribution is 7.14. The van der Waals surface area contributed by atoms with Gasteiger partial charge in [0.1, 0.15) is 0 Å². The van der Waals surface area contributed by atoms with Crippen LogP contribution in [0.4, 0.5) is 10.8 Å². The number of nitrogens with zero attached hydrogens (tertiary/aromatic N) is 3. The summed E-state index contributed by atoms with van der Waals surface area (Å²) in [4.78, 5) is 34.4. The zero-order valence-electron chi connectivity index (χ0n) is 16.0. The molecule has 30 heavy (non-hydrogen) atoms. The number of carboxylic acids is 1. The molecule has 0 radical (unpaired) electrons. The Morgan fingerprint density at radius 1 is 0.967 bits per heavy atom. The summed E-state index contributed by atoms with van der Waals surface area (Å²) in [7, 11) is 0. The van der Waals surface area contributed by atoms with Crippen LogP contribution < -0.4 is 4.90 Å². The van der Waals surface area contributed by atoms with Gasteiger partial charge in [0.2, 0.25) is 5.91 Å². The number of anilines is 2. The molecule has 0 fully saturated rings. The SMILES string of the molecule is CC(=O)N(c1ccccc1)c1nc(/C=C/c2cc(C(=O)O)c3ccccc3n2)cs1. The summed E-state index contributed by atoms with van der Waals surface area (Å²) in [5, 5.41) is 12.5. The normalized spacial score (nSPS) is 11.1. The van der Waals surface area contributed by atoms with Crippen LogP contribution in [0, 0.1) is 0 Å². The van der Waals surface area contributed by atoms with Gasteiger partial charge in [-0.05, 0) is 36.4 Å². The molecule has 0 spiro atoms. The predicted octanol–water partition coefficient (Wildman–Crippen LogP) is 5.24. The third kappa shape index (κ3) is 3.97. The smallest absolute Gasteiger partial charge is 0.336 e. The van der Waals surface area contributed by atoms with E-state index < -0.39 is 5.97 Å². The van der Waals surface area contributed by atoms with E-state index in [2.05, 4.69) is 9.97 Å². The van der Waals surface area contributed by atoms with Crippen LogP contribution in [0.25, 0.3) is 23.1 Å². The maximum atomic E-state index is 12.2. The average molecular weight is 415 g/mol. The highest BCUT2D eigenvalue weighted by atomic mass is 32.1. The number of carbonyl (C=O) groups excluding carboxylic acids is 1. The summed E-state index contributed by atoms with van der Waals surface area (Å²) in [6.45, 7) is 1.50. The average Bonchev–Trinajstić information content (AvgIpc) is 3.20. The molecule has 0 unspecified atom stereocenters. The van der Waals surface area contributed by atoms with Crippen LogP contribution in [0.15, 0.2) is 66.0 Å². The number of carboxylic acid groups (broad SMARTS) is 1. The van der Waals surface area contributed by atoms with Crippen molar-refractivity contribution >= 4 is 57.1 Å². The fourth-order valence-corrected chi connectivity index (χ4v) is 3.94. The van der Waals surface area contributed by atoms with E-state index in [4.69, 9.17) is 0 Å². The number of aromatic nitrogens is 2. The number of pyridine rings is 1. The zero-order valence-corrected chi connectivity index (χ0v) is 16.8. The second-order valence-electron chi connectivity index (χ2n) is 6.50. The lowest BCUT2D eigenvalue weighted by molar-refractivity contribution is -0.115. The molecule has 0 atom stereocenters. The first kappa shape index (κ1) is 19.5. The van der Waals surface area contributed by atoms with Gasteiger partial charge in [-0.1, -0.05) is 36.4 Å². The van der Waals surface area contributed by atoms with Gasteiger partial charge in [0, 0.05) is 17.7 Å². The van der Waals surface area contributed by atoms with E-state index in [1.54, 1.807) is 41.3 Å². The molecule has 0 aliphatic rings. The Kier molecular flexibility index (Phi) is 5.36. The molecule has 1 N–H and O–H groups in total. The zero-order chi connectivity index (χ0) is 21.1. The van der Waals surface area contributed by atoms with Gasteiger partial charge in [-0.15, -0.1) is 11.3 Å². The molecule has 2 heterocycles. The van der Waals surface area contributed by atoms with Crippen molar-refractivity contribution < 1.29 is 14.7 Å². The Morgan fingerprint density at radius 2 is 1.67 bits per heavy atom. The van der Waals surface area contributed by atoms with Crippen molar-refractivity contribution in [2.24, 2.45) is 0 Å². The minimum atomic E-state index is -1.00. The van der Waals surface area contributed by atoms with Gasteiger partial charge in [0.05, 0.1) is 28.2 Å². The molecule has 0 saturated heterocycles. The standard InChI is InChI=1S/C23H17N3O3S/c1-15(27)26(18-7-3-2-4-8-18)23-25-17(14-30-23)12-11-16-13-20(22(28)29)19-9-5-6-10-21(19)24-16/h2-14H,1H3,(H,28,29)/b12-11+. The minimum Gasteiger partial charge on any atom is -0.478 e. The minimum absolute atomic E-state index is 0.131. The highest BCUT2D eigenvalue weighted by Gasteiger charge is 2.17. The Labute approximate surface area is 176 Å². The molecule has 1 amide bonds. The monoisotopic (exact) mass is 415 g/mol. The van der Waals surface area contributed by atoms with Crippen molar-refractivity contribution in [1.82, 2.24) is 9.97 Å². The summed E-state index contributed by atoms with van der Waals surface area (Å²) in [6, 6.07) is 18.0. The molecule has 0 saturated carbocycles. The van der Waals surface area contributed by atoms with Crippen LogP contribution in [0.1, 0.15) is 28.7 Å². The molecule has 0 bridgehead atoms. The summed E-state index contributed by atoms with van der Waals surface area (Å²) in [5.74, 6) is -1.13. The first-order chi connectivity index (χ1) is 14.5. The van der Waals surface area contributed by atoms with Crippen molar-refractivity contribution in [1.29, 1.82) is 0 Å². The molecular formula is C23H17N3O3S. The van der Waals surface area contributed by atoms with Crippen LogP contribution in [-0.4, -0.2) is 27.0 Å². The van der Waals surface area contributed by atoms with E-state index in [0.717, 1.165) is 5.69 Å². The van der Waals surface area contributed by atoms with Gasteiger partial charge in [-0.3, -0.25) is 9.69 Å². The number of benzene rings is 2. The Bertz CT molecular complexity index is 1270. The number of fused-ring (bicyclic) bond motifs is 1. The Hall–Kier alpha value is -3.84.